The zero-order valence-electron chi connectivity index (χ0n) is 22.0. The molecule has 1 aliphatic carbocycles. The van der Waals surface area contributed by atoms with Crippen molar-refractivity contribution in [2.75, 3.05) is 18.8 Å². The minimum absolute atomic E-state index is 0.0106. The van der Waals surface area contributed by atoms with Crippen LogP contribution in [0.3, 0.4) is 0 Å². The van der Waals surface area contributed by atoms with E-state index in [2.05, 4.69) is 42.2 Å². The van der Waals surface area contributed by atoms with Crippen molar-refractivity contribution in [3.63, 3.8) is 0 Å². The molecule has 0 spiro atoms. The molecule has 2 aromatic heterocycles. The maximum Gasteiger partial charge on any atom is 0.259 e. The molecule has 1 fully saturated rings. The molecule has 1 aliphatic heterocycles. The quantitative estimate of drug-likeness (QED) is 0.332. The standard InChI is InChI=1S/C30H33N5O2S/c1-3-30(2)18-22-14-8-9-15-23(22)26-25(30)27(37)34(19-21-12-6-4-7-13-21)28-31-32-29(35(26)28)38-20-24(36)33-16-10-5-11-17-33/h4,6-9,12-15H,3,5,10-11,16-20H2,1-2H3/t30-/m0/s1. The van der Waals surface area contributed by atoms with Gasteiger partial charge in [-0.3, -0.25) is 18.6 Å². The molecule has 1 atom stereocenters. The van der Waals surface area contributed by atoms with Gasteiger partial charge in [0, 0.05) is 29.6 Å². The van der Waals surface area contributed by atoms with Crippen molar-refractivity contribution in [1.82, 2.24) is 24.1 Å². The summed E-state index contributed by atoms with van der Waals surface area (Å²) in [6.45, 7) is 6.41. The van der Waals surface area contributed by atoms with E-state index < -0.39 is 0 Å². The van der Waals surface area contributed by atoms with Crippen molar-refractivity contribution in [3.05, 3.63) is 81.6 Å². The van der Waals surface area contributed by atoms with E-state index in [0.29, 0.717) is 23.2 Å². The summed E-state index contributed by atoms with van der Waals surface area (Å²) < 4.78 is 3.80. The number of rotatable bonds is 6. The topological polar surface area (TPSA) is 72.5 Å². The molecule has 0 unspecified atom stereocenters. The van der Waals surface area contributed by atoms with Crippen LogP contribution in [0.5, 0.6) is 0 Å². The van der Waals surface area contributed by atoms with E-state index >= 15 is 0 Å². The summed E-state index contributed by atoms with van der Waals surface area (Å²) >= 11 is 1.42. The first-order valence-electron chi connectivity index (χ1n) is 13.6. The molecule has 0 saturated carbocycles. The first-order valence-corrected chi connectivity index (χ1v) is 14.5. The van der Waals surface area contributed by atoms with Gasteiger partial charge in [-0.15, -0.1) is 10.2 Å². The summed E-state index contributed by atoms with van der Waals surface area (Å²) in [6, 6.07) is 18.3. The van der Waals surface area contributed by atoms with E-state index in [1.807, 2.05) is 45.7 Å². The fourth-order valence-electron chi connectivity index (χ4n) is 5.95. The Labute approximate surface area is 226 Å². The van der Waals surface area contributed by atoms with Crippen molar-refractivity contribution in [1.29, 1.82) is 0 Å². The average molecular weight is 528 g/mol. The number of nitrogens with zero attached hydrogens (tertiary/aromatic N) is 5. The lowest BCUT2D eigenvalue weighted by Gasteiger charge is -2.36. The van der Waals surface area contributed by atoms with Gasteiger partial charge < -0.3 is 4.90 Å². The molecule has 196 valence electrons. The van der Waals surface area contributed by atoms with Gasteiger partial charge in [-0.25, -0.2) is 0 Å². The largest absolute Gasteiger partial charge is 0.342 e. The lowest BCUT2D eigenvalue weighted by molar-refractivity contribution is -0.129. The van der Waals surface area contributed by atoms with Crippen molar-refractivity contribution >= 4 is 23.4 Å². The van der Waals surface area contributed by atoms with Crippen molar-refractivity contribution in [2.45, 2.75) is 63.1 Å². The van der Waals surface area contributed by atoms with Crippen molar-refractivity contribution in [3.8, 4) is 11.3 Å². The van der Waals surface area contributed by atoms with E-state index in [0.717, 1.165) is 61.2 Å². The second-order valence-corrected chi connectivity index (χ2v) is 11.6. The monoisotopic (exact) mass is 527 g/mol. The summed E-state index contributed by atoms with van der Waals surface area (Å²) in [5, 5.41) is 9.76. The van der Waals surface area contributed by atoms with Gasteiger partial charge in [0.05, 0.1) is 18.0 Å². The highest BCUT2D eigenvalue weighted by atomic mass is 32.2. The summed E-state index contributed by atoms with van der Waals surface area (Å²) in [4.78, 5) is 29.3. The molecule has 1 saturated heterocycles. The smallest absolute Gasteiger partial charge is 0.259 e. The maximum atomic E-state index is 14.3. The molecular weight excluding hydrogens is 494 g/mol. The van der Waals surface area contributed by atoms with Crippen LogP contribution in [-0.4, -0.2) is 48.8 Å². The molecule has 38 heavy (non-hydrogen) atoms. The maximum absolute atomic E-state index is 14.3. The van der Waals surface area contributed by atoms with Crippen molar-refractivity contribution in [2.24, 2.45) is 0 Å². The molecule has 6 rings (SSSR count). The third kappa shape index (κ3) is 4.25. The first kappa shape index (κ1) is 24.9. The van der Waals surface area contributed by atoms with Crippen LogP contribution in [0.2, 0.25) is 0 Å². The number of hydrogen-bond donors (Lipinski definition) is 0. The highest BCUT2D eigenvalue weighted by molar-refractivity contribution is 7.99. The number of thioether (sulfide) groups is 1. The molecule has 3 heterocycles. The van der Waals surface area contributed by atoms with Gasteiger partial charge >= 0.3 is 0 Å². The number of amides is 1. The predicted octanol–water partition coefficient (Wildman–Crippen LogP) is 4.93. The Kier molecular flexibility index (Phi) is 6.60. The van der Waals surface area contributed by atoms with Crippen LogP contribution in [0.15, 0.2) is 64.5 Å². The summed E-state index contributed by atoms with van der Waals surface area (Å²) in [6.07, 6.45) is 4.95. The molecular formula is C30H33N5O2S. The number of carbonyl (C=O) groups excluding carboxylic acids is 1. The third-order valence-electron chi connectivity index (χ3n) is 8.23. The van der Waals surface area contributed by atoms with Crippen LogP contribution in [0.4, 0.5) is 0 Å². The normalized spacial score (nSPS) is 18.8. The number of hydrogen-bond acceptors (Lipinski definition) is 5. The molecule has 7 nitrogen and oxygen atoms in total. The minimum atomic E-state index is -0.330. The fourth-order valence-corrected chi connectivity index (χ4v) is 6.79. The lowest BCUT2D eigenvalue weighted by atomic mass is 9.69. The van der Waals surface area contributed by atoms with Crippen LogP contribution in [0.25, 0.3) is 17.0 Å². The van der Waals surface area contributed by atoms with Gasteiger partial charge in [-0.05, 0) is 43.2 Å². The molecule has 1 amide bonds. The Morgan fingerprint density at radius 2 is 1.74 bits per heavy atom. The van der Waals surface area contributed by atoms with Gasteiger partial charge in [0.2, 0.25) is 11.7 Å². The third-order valence-corrected chi connectivity index (χ3v) is 9.14. The predicted molar refractivity (Wildman–Crippen MR) is 151 cm³/mol. The second kappa shape index (κ2) is 10.1. The van der Waals surface area contributed by atoms with Gasteiger partial charge in [-0.1, -0.05) is 80.2 Å². The molecule has 2 aliphatic rings. The Morgan fingerprint density at radius 3 is 2.50 bits per heavy atom. The first-order chi connectivity index (χ1) is 18.5. The Bertz CT molecular complexity index is 1550. The highest BCUT2D eigenvalue weighted by Crippen LogP contribution is 2.44. The average Bonchev–Trinajstić information content (AvgIpc) is 3.38. The zero-order valence-corrected chi connectivity index (χ0v) is 22.8. The number of benzene rings is 2. The van der Waals surface area contributed by atoms with Crippen molar-refractivity contribution < 1.29 is 4.79 Å². The highest BCUT2D eigenvalue weighted by Gasteiger charge is 2.39. The summed E-state index contributed by atoms with van der Waals surface area (Å²) in [7, 11) is 0. The van der Waals surface area contributed by atoms with Crippen LogP contribution in [0.1, 0.15) is 56.2 Å². The van der Waals surface area contributed by atoms with Gasteiger partial charge in [0.15, 0.2) is 5.16 Å². The number of likely N-dealkylation sites (tertiary alicyclic amines) is 1. The van der Waals surface area contributed by atoms with E-state index in [4.69, 9.17) is 0 Å². The molecule has 2 aromatic carbocycles. The molecule has 0 bridgehead atoms. The summed E-state index contributed by atoms with van der Waals surface area (Å²) in [5.74, 6) is 0.956. The molecule has 0 N–H and O–H groups in total. The SMILES string of the molecule is CC[C@@]1(C)Cc2ccccc2-c2c1c(=O)n(Cc1ccccc1)c1nnc(SCC(=O)N3CCCCC3)n21. The van der Waals surface area contributed by atoms with E-state index in [1.54, 1.807) is 4.57 Å². The number of carbonyl (C=O) groups is 1. The fraction of sp³-hybridized carbons (Fsp3) is 0.400. The number of piperidine rings is 1. The Morgan fingerprint density at radius 1 is 1.00 bits per heavy atom. The van der Waals surface area contributed by atoms with E-state index in [-0.39, 0.29) is 16.9 Å². The van der Waals surface area contributed by atoms with Crippen LogP contribution in [-0.2, 0) is 23.2 Å². The number of fused-ring (bicyclic) bond motifs is 5. The Hall–Kier alpha value is -3.39. The zero-order chi connectivity index (χ0) is 26.3. The van der Waals surface area contributed by atoms with Crippen LogP contribution < -0.4 is 5.56 Å². The van der Waals surface area contributed by atoms with Crippen LogP contribution in [0, 0.1) is 0 Å². The Balaban J connectivity index is 1.54. The van der Waals surface area contributed by atoms with Crippen LogP contribution >= 0.6 is 11.8 Å². The van der Waals surface area contributed by atoms with Gasteiger partial charge in [0.1, 0.15) is 0 Å². The molecule has 0 radical (unpaired) electrons. The van der Waals surface area contributed by atoms with Gasteiger partial charge in [-0.2, -0.15) is 0 Å². The lowest BCUT2D eigenvalue weighted by Crippen LogP contribution is -2.40. The van der Waals surface area contributed by atoms with E-state index in [1.165, 1.54) is 23.7 Å². The van der Waals surface area contributed by atoms with Gasteiger partial charge in [0.25, 0.3) is 5.56 Å². The van der Waals surface area contributed by atoms with E-state index in [9.17, 15) is 9.59 Å². The minimum Gasteiger partial charge on any atom is -0.342 e. The molecule has 4 aromatic rings. The summed E-state index contributed by atoms with van der Waals surface area (Å²) in [5.41, 5.74) is 4.64. The number of aromatic nitrogens is 4. The second-order valence-electron chi connectivity index (χ2n) is 10.7. The molecule has 8 heteroatoms.